The first-order valence-electron chi connectivity index (χ1n) is 14.0. The summed E-state index contributed by atoms with van der Waals surface area (Å²) in [7, 11) is 0. The number of benzene rings is 5. The fourth-order valence-corrected chi connectivity index (χ4v) is 5.70. The highest BCUT2D eigenvalue weighted by molar-refractivity contribution is 6.11. The summed E-state index contributed by atoms with van der Waals surface area (Å²) in [6, 6.07) is 44.6. The molecule has 0 saturated carbocycles. The number of para-hydroxylation sites is 1. The predicted molar refractivity (Wildman–Crippen MR) is 170 cm³/mol. The average molecular weight is 551 g/mol. The first kappa shape index (κ1) is 24.6. The average Bonchev–Trinajstić information content (AvgIpc) is 3.41. The van der Waals surface area contributed by atoms with Crippen molar-refractivity contribution in [2.45, 2.75) is 0 Å². The topological polar surface area (TPSA) is 80.3 Å². The number of hydrogen-bond acceptors (Lipinski definition) is 5. The molecule has 43 heavy (non-hydrogen) atoms. The van der Waals surface area contributed by atoms with Crippen molar-refractivity contribution in [3.05, 3.63) is 139 Å². The second-order valence-corrected chi connectivity index (χ2v) is 10.3. The number of nitrogens with zero attached hydrogens (tertiary/aromatic N) is 6. The van der Waals surface area contributed by atoms with E-state index in [1.165, 1.54) is 0 Å². The Morgan fingerprint density at radius 2 is 1.14 bits per heavy atom. The van der Waals surface area contributed by atoms with Gasteiger partial charge in [0.05, 0.1) is 33.9 Å². The van der Waals surface area contributed by atoms with E-state index in [1.54, 1.807) is 0 Å². The van der Waals surface area contributed by atoms with Gasteiger partial charge in [0.2, 0.25) is 0 Å². The second-order valence-electron chi connectivity index (χ2n) is 10.3. The Labute approximate surface area is 247 Å². The third kappa shape index (κ3) is 4.19. The third-order valence-corrected chi connectivity index (χ3v) is 7.70. The molecule has 0 aliphatic carbocycles. The zero-order valence-electron chi connectivity index (χ0n) is 22.9. The maximum atomic E-state index is 9.75. The number of nitriles is 1. The van der Waals surface area contributed by atoms with Gasteiger partial charge >= 0.3 is 0 Å². The smallest absolute Gasteiger partial charge is 0.164 e. The molecule has 0 N–H and O–H groups in total. The van der Waals surface area contributed by atoms with Crippen molar-refractivity contribution in [1.29, 1.82) is 5.26 Å². The molecule has 0 unspecified atom stereocenters. The van der Waals surface area contributed by atoms with Crippen LogP contribution in [-0.2, 0) is 0 Å². The Morgan fingerprint density at radius 3 is 1.81 bits per heavy atom. The van der Waals surface area contributed by atoms with Crippen molar-refractivity contribution < 1.29 is 0 Å². The van der Waals surface area contributed by atoms with E-state index in [1.807, 2.05) is 91.1 Å². The maximum absolute atomic E-state index is 9.75. The van der Waals surface area contributed by atoms with E-state index in [9.17, 15) is 5.26 Å². The molecule has 0 spiro atoms. The van der Waals surface area contributed by atoms with Gasteiger partial charge in [-0.3, -0.25) is 4.98 Å². The van der Waals surface area contributed by atoms with Crippen LogP contribution < -0.4 is 0 Å². The zero-order chi connectivity index (χ0) is 28.8. The Kier molecular flexibility index (Phi) is 5.73. The Balaban J connectivity index is 1.40. The van der Waals surface area contributed by atoms with Gasteiger partial charge in [-0.15, -0.1) is 0 Å². The molecule has 0 aliphatic rings. The number of rotatable bonds is 4. The Hall–Kier alpha value is -6.19. The molecule has 0 radical (unpaired) electrons. The summed E-state index contributed by atoms with van der Waals surface area (Å²) >= 11 is 0. The van der Waals surface area contributed by atoms with Gasteiger partial charge < -0.3 is 4.57 Å². The van der Waals surface area contributed by atoms with Gasteiger partial charge in [0.1, 0.15) is 0 Å². The first-order valence-corrected chi connectivity index (χ1v) is 14.0. The van der Waals surface area contributed by atoms with E-state index in [2.05, 4.69) is 53.1 Å². The van der Waals surface area contributed by atoms with E-state index in [4.69, 9.17) is 19.9 Å². The van der Waals surface area contributed by atoms with Gasteiger partial charge in [-0.2, -0.15) is 5.26 Å². The molecule has 0 atom stereocenters. The van der Waals surface area contributed by atoms with Gasteiger partial charge in [-0.25, -0.2) is 15.0 Å². The lowest BCUT2D eigenvalue weighted by atomic mass is 10.1. The van der Waals surface area contributed by atoms with Gasteiger partial charge in [-0.05, 0) is 48.5 Å². The van der Waals surface area contributed by atoms with Crippen molar-refractivity contribution >= 4 is 32.7 Å². The second kappa shape index (κ2) is 10.0. The molecule has 0 amide bonds. The standard InChI is InChI=1S/C37H22N6/c38-23-24-16-18-31-29(21-24)30-22-28(17-19-32(30)43(31)33-15-7-13-25-14-8-20-39-34(25)33)37-41-35(26-9-3-1-4-10-26)40-36(42-37)27-11-5-2-6-12-27/h1-22H. The summed E-state index contributed by atoms with van der Waals surface area (Å²) in [4.78, 5) is 19.4. The highest BCUT2D eigenvalue weighted by Gasteiger charge is 2.18. The fourth-order valence-electron chi connectivity index (χ4n) is 5.70. The fraction of sp³-hybridized carbons (Fsp3) is 0. The van der Waals surface area contributed by atoms with Gasteiger partial charge in [0.25, 0.3) is 0 Å². The molecule has 0 bridgehead atoms. The lowest BCUT2D eigenvalue weighted by Gasteiger charge is -2.11. The van der Waals surface area contributed by atoms with Crippen LogP contribution in [0, 0.1) is 11.3 Å². The van der Waals surface area contributed by atoms with Crippen molar-refractivity contribution in [1.82, 2.24) is 24.5 Å². The van der Waals surface area contributed by atoms with Crippen molar-refractivity contribution in [3.8, 4) is 45.9 Å². The molecule has 6 heteroatoms. The SMILES string of the molecule is N#Cc1ccc2c(c1)c1cc(-c3nc(-c4ccccc4)nc(-c4ccccc4)n3)ccc1n2-c1cccc2cccnc12. The van der Waals surface area contributed by atoms with Crippen LogP contribution in [0.2, 0.25) is 0 Å². The van der Waals surface area contributed by atoms with Crippen LogP contribution in [0.3, 0.4) is 0 Å². The lowest BCUT2D eigenvalue weighted by molar-refractivity contribution is 1.07. The maximum Gasteiger partial charge on any atom is 0.164 e. The monoisotopic (exact) mass is 550 g/mol. The number of hydrogen-bond donors (Lipinski definition) is 0. The van der Waals surface area contributed by atoms with Crippen LogP contribution in [0.25, 0.3) is 72.6 Å². The predicted octanol–water partition coefficient (Wildman–Crippen LogP) is 8.39. The highest BCUT2D eigenvalue weighted by Crippen LogP contribution is 2.37. The summed E-state index contributed by atoms with van der Waals surface area (Å²) in [5.41, 5.74) is 7.20. The summed E-state index contributed by atoms with van der Waals surface area (Å²) in [6.07, 6.45) is 1.82. The third-order valence-electron chi connectivity index (χ3n) is 7.70. The molecule has 6 nitrogen and oxygen atoms in total. The number of aromatic nitrogens is 5. The molecule has 3 heterocycles. The van der Waals surface area contributed by atoms with Crippen molar-refractivity contribution in [3.63, 3.8) is 0 Å². The summed E-state index contributed by atoms with van der Waals surface area (Å²) in [5.74, 6) is 1.81. The van der Waals surface area contributed by atoms with Crippen LogP contribution in [0.4, 0.5) is 0 Å². The summed E-state index contributed by atoms with van der Waals surface area (Å²) in [6.45, 7) is 0. The quantitative estimate of drug-likeness (QED) is 0.220. The Bertz CT molecular complexity index is 2290. The molecule has 8 rings (SSSR count). The van der Waals surface area contributed by atoms with Crippen LogP contribution in [0.15, 0.2) is 134 Å². The largest absolute Gasteiger partial charge is 0.307 e. The van der Waals surface area contributed by atoms with Crippen molar-refractivity contribution in [2.75, 3.05) is 0 Å². The molecule has 3 aromatic heterocycles. The Morgan fingerprint density at radius 1 is 0.535 bits per heavy atom. The number of pyridine rings is 1. The minimum Gasteiger partial charge on any atom is -0.307 e. The number of fused-ring (bicyclic) bond motifs is 4. The molecule has 5 aromatic carbocycles. The normalized spacial score (nSPS) is 11.2. The van der Waals surface area contributed by atoms with E-state index >= 15 is 0 Å². The zero-order valence-corrected chi connectivity index (χ0v) is 22.9. The van der Waals surface area contributed by atoms with Crippen LogP contribution in [-0.4, -0.2) is 24.5 Å². The molecular weight excluding hydrogens is 528 g/mol. The molecule has 8 aromatic rings. The van der Waals surface area contributed by atoms with Crippen LogP contribution in [0.5, 0.6) is 0 Å². The minimum absolute atomic E-state index is 0.582. The van der Waals surface area contributed by atoms with Crippen LogP contribution in [0.1, 0.15) is 5.56 Å². The highest BCUT2D eigenvalue weighted by atomic mass is 15.0. The summed E-state index contributed by atoms with van der Waals surface area (Å²) in [5, 5.41) is 12.8. The van der Waals surface area contributed by atoms with E-state index in [0.717, 1.165) is 55.1 Å². The van der Waals surface area contributed by atoms with Gasteiger partial charge in [0, 0.05) is 39.0 Å². The van der Waals surface area contributed by atoms with E-state index < -0.39 is 0 Å². The molecule has 200 valence electrons. The van der Waals surface area contributed by atoms with E-state index in [-0.39, 0.29) is 0 Å². The van der Waals surface area contributed by atoms with Gasteiger partial charge in [-0.1, -0.05) is 78.9 Å². The minimum atomic E-state index is 0.582. The molecule has 0 fully saturated rings. The van der Waals surface area contributed by atoms with E-state index in [0.29, 0.717) is 23.0 Å². The van der Waals surface area contributed by atoms with Crippen LogP contribution >= 0.6 is 0 Å². The lowest BCUT2D eigenvalue weighted by Crippen LogP contribution is -2.00. The van der Waals surface area contributed by atoms with Gasteiger partial charge in [0.15, 0.2) is 17.5 Å². The molecule has 0 aliphatic heterocycles. The first-order chi connectivity index (χ1) is 21.3. The molecular formula is C37H22N6. The molecule has 0 saturated heterocycles. The van der Waals surface area contributed by atoms with Crippen molar-refractivity contribution in [2.24, 2.45) is 0 Å². The summed E-state index contributed by atoms with van der Waals surface area (Å²) < 4.78 is 2.23.